The van der Waals surface area contributed by atoms with Crippen molar-refractivity contribution in [1.82, 2.24) is 4.90 Å². The van der Waals surface area contributed by atoms with Gasteiger partial charge >= 0.3 is 23.9 Å². The fourth-order valence-corrected chi connectivity index (χ4v) is 4.59. The van der Waals surface area contributed by atoms with Crippen molar-refractivity contribution in [2.75, 3.05) is 19.3 Å². The van der Waals surface area contributed by atoms with Crippen LogP contribution in [-0.4, -0.2) is 70.8 Å². The van der Waals surface area contributed by atoms with Gasteiger partial charge in [0.1, 0.15) is 0 Å². The van der Waals surface area contributed by atoms with Gasteiger partial charge in [-0.1, -0.05) is 61.0 Å². The van der Waals surface area contributed by atoms with Gasteiger partial charge in [0.05, 0.1) is 11.1 Å². The summed E-state index contributed by atoms with van der Waals surface area (Å²) in [6, 6.07) is 23.8. The smallest absolute Gasteiger partial charge is 0.349 e. The zero-order valence-corrected chi connectivity index (χ0v) is 23.4. The molecular weight excluding hydrogens is 540 g/mol. The van der Waals surface area contributed by atoms with E-state index in [2.05, 4.69) is 24.1 Å². The predicted octanol–water partition coefficient (Wildman–Crippen LogP) is 4.29. The lowest BCUT2D eigenvalue weighted by atomic mass is 9.96. The van der Waals surface area contributed by atoms with Crippen molar-refractivity contribution in [3.63, 3.8) is 0 Å². The Hall–Kier alpha value is -4.70. The van der Waals surface area contributed by atoms with Crippen LogP contribution in [0.1, 0.15) is 52.0 Å². The van der Waals surface area contributed by atoms with E-state index < -0.39 is 36.1 Å². The number of rotatable bonds is 10. The number of piperidine rings is 1. The summed E-state index contributed by atoms with van der Waals surface area (Å²) in [6.07, 6.45) is 2.02. The Kier molecular flexibility index (Phi) is 12.1. The number of nitrogens with two attached hydrogens (primary N) is 1. The SMILES string of the molecule is CN1CCCC[C@H]1CCc1ccccc1N.O=C(O[C@@H](C(=O)O)[C@@H](OC(=O)c1ccccc1)C(=O)O)c1ccccc1. The molecule has 3 aromatic carbocycles. The van der Waals surface area contributed by atoms with Crippen LogP contribution in [-0.2, 0) is 25.5 Å². The number of hydrogen-bond donors (Lipinski definition) is 3. The van der Waals surface area contributed by atoms with Crippen LogP contribution in [0.2, 0.25) is 0 Å². The molecule has 3 aromatic rings. The lowest BCUT2D eigenvalue weighted by Gasteiger charge is -2.32. The number of likely N-dealkylation sites (tertiary alicyclic amines) is 1. The molecule has 0 aliphatic carbocycles. The summed E-state index contributed by atoms with van der Waals surface area (Å²) in [5.74, 6) is -5.63. The maximum Gasteiger partial charge on any atom is 0.349 e. The average molecular weight is 577 g/mol. The first-order valence-corrected chi connectivity index (χ1v) is 13.7. The van der Waals surface area contributed by atoms with E-state index in [1.165, 1.54) is 86.3 Å². The molecule has 0 bridgehead atoms. The second-order valence-electron chi connectivity index (χ2n) is 9.93. The molecule has 222 valence electrons. The molecule has 3 atom stereocenters. The molecule has 1 aliphatic rings. The van der Waals surface area contributed by atoms with Gasteiger partial charge in [0.25, 0.3) is 0 Å². The first-order chi connectivity index (χ1) is 20.2. The summed E-state index contributed by atoms with van der Waals surface area (Å²) >= 11 is 0. The highest BCUT2D eigenvalue weighted by Crippen LogP contribution is 2.21. The van der Waals surface area contributed by atoms with Gasteiger partial charge in [-0.2, -0.15) is 0 Å². The third-order valence-corrected chi connectivity index (χ3v) is 6.97. The quantitative estimate of drug-likeness (QED) is 0.235. The number of carbonyl (C=O) groups excluding carboxylic acids is 2. The Balaban J connectivity index is 0.000000258. The molecule has 0 radical (unpaired) electrons. The zero-order chi connectivity index (χ0) is 30.5. The second-order valence-corrected chi connectivity index (χ2v) is 9.93. The number of benzene rings is 3. The third-order valence-electron chi connectivity index (χ3n) is 6.97. The zero-order valence-electron chi connectivity index (χ0n) is 23.4. The maximum atomic E-state index is 12.0. The number of aliphatic carboxylic acids is 2. The van der Waals surface area contributed by atoms with Crippen LogP contribution in [0.4, 0.5) is 5.69 Å². The molecule has 4 N–H and O–H groups in total. The number of carboxylic acids is 2. The van der Waals surface area contributed by atoms with Gasteiger partial charge in [-0.05, 0) is 75.2 Å². The number of anilines is 1. The highest BCUT2D eigenvalue weighted by molar-refractivity contribution is 5.95. The van der Waals surface area contributed by atoms with Gasteiger partial charge in [-0.25, -0.2) is 19.2 Å². The Bertz CT molecular complexity index is 1260. The van der Waals surface area contributed by atoms with Gasteiger partial charge in [0.15, 0.2) is 0 Å². The molecule has 4 rings (SSSR count). The predicted molar refractivity (Wildman–Crippen MR) is 156 cm³/mol. The van der Waals surface area contributed by atoms with Crippen molar-refractivity contribution in [3.05, 3.63) is 102 Å². The number of carbonyl (C=O) groups is 4. The van der Waals surface area contributed by atoms with E-state index in [1.807, 2.05) is 12.1 Å². The summed E-state index contributed by atoms with van der Waals surface area (Å²) in [6.45, 7) is 1.26. The van der Waals surface area contributed by atoms with Crippen molar-refractivity contribution < 1.29 is 38.9 Å². The summed E-state index contributed by atoms with van der Waals surface area (Å²) in [5, 5.41) is 18.5. The number of nitrogen functional groups attached to an aromatic ring is 1. The molecular formula is C32H36N2O8. The van der Waals surface area contributed by atoms with Gasteiger partial charge in [0, 0.05) is 11.7 Å². The van der Waals surface area contributed by atoms with Crippen LogP contribution < -0.4 is 5.73 Å². The molecule has 0 saturated carbocycles. The number of hydrogen-bond acceptors (Lipinski definition) is 8. The molecule has 10 heteroatoms. The summed E-state index contributed by atoms with van der Waals surface area (Å²) in [7, 11) is 2.25. The Morgan fingerprint density at radius 3 is 1.71 bits per heavy atom. The van der Waals surface area contributed by atoms with Gasteiger partial charge in [0.2, 0.25) is 12.2 Å². The van der Waals surface area contributed by atoms with Crippen molar-refractivity contribution in [3.8, 4) is 0 Å². The van der Waals surface area contributed by atoms with Crippen molar-refractivity contribution in [2.24, 2.45) is 0 Å². The molecule has 1 aliphatic heterocycles. The minimum absolute atomic E-state index is 0.0253. The molecule has 0 aromatic heterocycles. The van der Waals surface area contributed by atoms with E-state index in [0.29, 0.717) is 0 Å². The van der Waals surface area contributed by atoms with Crippen LogP contribution in [0.3, 0.4) is 0 Å². The average Bonchev–Trinajstić information content (AvgIpc) is 3.00. The summed E-state index contributed by atoms with van der Waals surface area (Å²) in [5.41, 5.74) is 8.26. The largest absolute Gasteiger partial charge is 0.478 e. The highest BCUT2D eigenvalue weighted by atomic mass is 16.6. The fraction of sp³-hybridized carbons (Fsp3) is 0.312. The van der Waals surface area contributed by atoms with E-state index in [4.69, 9.17) is 15.2 Å². The Labute approximate surface area is 244 Å². The van der Waals surface area contributed by atoms with Crippen molar-refractivity contribution in [1.29, 1.82) is 0 Å². The maximum absolute atomic E-state index is 12.0. The lowest BCUT2D eigenvalue weighted by Crippen LogP contribution is -2.45. The van der Waals surface area contributed by atoms with E-state index in [9.17, 15) is 29.4 Å². The third kappa shape index (κ3) is 9.45. The monoisotopic (exact) mass is 576 g/mol. The van der Waals surface area contributed by atoms with Crippen LogP contribution in [0, 0.1) is 0 Å². The first-order valence-electron chi connectivity index (χ1n) is 13.7. The fourth-order valence-electron chi connectivity index (χ4n) is 4.59. The van der Waals surface area contributed by atoms with Crippen LogP contribution >= 0.6 is 0 Å². The van der Waals surface area contributed by atoms with E-state index in [-0.39, 0.29) is 11.1 Å². The first kappa shape index (κ1) is 31.8. The highest BCUT2D eigenvalue weighted by Gasteiger charge is 2.41. The van der Waals surface area contributed by atoms with Crippen LogP contribution in [0.15, 0.2) is 84.9 Å². The van der Waals surface area contributed by atoms with Crippen molar-refractivity contribution in [2.45, 2.75) is 50.4 Å². The normalized spacial score (nSPS) is 16.2. The minimum atomic E-state index is -2.21. The van der Waals surface area contributed by atoms with Crippen molar-refractivity contribution >= 4 is 29.6 Å². The molecule has 1 fully saturated rings. The van der Waals surface area contributed by atoms with Gasteiger partial charge in [-0.15, -0.1) is 0 Å². The Morgan fingerprint density at radius 1 is 0.786 bits per heavy atom. The molecule has 0 unspecified atom stereocenters. The molecule has 42 heavy (non-hydrogen) atoms. The minimum Gasteiger partial charge on any atom is -0.478 e. The number of carboxylic acid groups (broad SMARTS) is 2. The summed E-state index contributed by atoms with van der Waals surface area (Å²) < 4.78 is 9.52. The topological polar surface area (TPSA) is 156 Å². The number of ether oxygens (including phenoxy) is 2. The number of esters is 2. The molecule has 1 saturated heterocycles. The van der Waals surface area contributed by atoms with Crippen LogP contribution in [0.5, 0.6) is 0 Å². The summed E-state index contributed by atoms with van der Waals surface area (Å²) in [4.78, 5) is 49.3. The lowest BCUT2D eigenvalue weighted by molar-refractivity contribution is -0.166. The number of para-hydroxylation sites is 1. The molecule has 0 amide bonds. The van der Waals surface area contributed by atoms with Gasteiger partial charge in [-0.3, -0.25) is 0 Å². The number of aryl methyl sites for hydroxylation is 1. The van der Waals surface area contributed by atoms with Gasteiger partial charge < -0.3 is 30.3 Å². The second kappa shape index (κ2) is 15.9. The van der Waals surface area contributed by atoms with E-state index in [0.717, 1.165) is 18.2 Å². The van der Waals surface area contributed by atoms with Crippen LogP contribution in [0.25, 0.3) is 0 Å². The van der Waals surface area contributed by atoms with E-state index in [1.54, 1.807) is 12.1 Å². The van der Waals surface area contributed by atoms with E-state index >= 15 is 0 Å². The molecule has 0 spiro atoms. The molecule has 1 heterocycles. The Morgan fingerprint density at radius 2 is 1.26 bits per heavy atom. The standard InChI is InChI=1S/C18H14O8.C14H22N2/c19-15(20)13(25-17(23)11-7-3-1-4-8-11)14(16(21)22)26-18(24)12-9-5-2-6-10-12;1-16-11-5-4-7-13(16)10-9-12-6-2-3-8-14(12)15/h1-10,13-14H,(H,19,20)(H,21,22);2-3,6,8,13H,4-5,7,9-11,15H2,1H3/t13-,14-;13-/m10/s1. The molecule has 10 nitrogen and oxygen atoms in total. The number of nitrogens with zero attached hydrogens (tertiary/aromatic N) is 1.